The Hall–Kier alpha value is -4.02. The van der Waals surface area contributed by atoms with Gasteiger partial charge in [-0.25, -0.2) is 14.4 Å². The lowest BCUT2D eigenvalue weighted by Crippen LogP contribution is -2.38. The molecule has 11 heteroatoms. The molecule has 4 aromatic rings. The zero-order valence-electron chi connectivity index (χ0n) is 18.7. The number of hydrogen-bond donors (Lipinski definition) is 1. The van der Waals surface area contributed by atoms with Crippen LogP contribution in [0.15, 0.2) is 42.7 Å². The van der Waals surface area contributed by atoms with E-state index in [1.54, 1.807) is 18.5 Å². The number of nitrogens with two attached hydrogens (primary N) is 1. The number of aromatic nitrogens is 3. The largest absolute Gasteiger partial charge is 0.475 e. The standard InChI is InChI=1S/C25H19F4N5O2/c26-18-8-19-15(17-9-31-6-5-13(17)22(30)32-19)7-16(18)24(35)34(10-12-1-2-12)20-11-36-23-14(20)3-4-21(33-23)25(27,28)29/h3-9,12,20H,1-2,10-11H2,(H2,30,32). The number of halogens is 4. The number of amides is 1. The fraction of sp³-hybridized carbons (Fsp3) is 0.280. The van der Waals surface area contributed by atoms with Crippen LogP contribution in [0.25, 0.3) is 21.7 Å². The molecule has 3 aromatic heterocycles. The minimum atomic E-state index is -4.62. The van der Waals surface area contributed by atoms with Crippen LogP contribution in [0.1, 0.15) is 40.5 Å². The molecule has 0 saturated heterocycles. The van der Waals surface area contributed by atoms with Crippen molar-refractivity contribution in [1.82, 2.24) is 19.9 Å². The molecular formula is C25H19F4N5O2. The minimum absolute atomic E-state index is 0.0672. The zero-order chi connectivity index (χ0) is 25.2. The first-order valence-corrected chi connectivity index (χ1v) is 11.3. The second-order valence-electron chi connectivity index (χ2n) is 9.08. The first-order valence-electron chi connectivity index (χ1n) is 11.3. The van der Waals surface area contributed by atoms with E-state index in [9.17, 15) is 18.0 Å². The summed E-state index contributed by atoms with van der Waals surface area (Å²) in [5.74, 6) is -1.07. The summed E-state index contributed by atoms with van der Waals surface area (Å²) in [7, 11) is 0. The molecule has 6 rings (SSSR count). The van der Waals surface area contributed by atoms with Crippen molar-refractivity contribution in [2.24, 2.45) is 5.92 Å². The lowest BCUT2D eigenvalue weighted by Gasteiger charge is -2.28. The molecular weight excluding hydrogens is 478 g/mol. The Kier molecular flexibility index (Phi) is 4.99. The number of alkyl halides is 3. The van der Waals surface area contributed by atoms with Crippen molar-refractivity contribution < 1.29 is 27.1 Å². The van der Waals surface area contributed by atoms with Gasteiger partial charge >= 0.3 is 6.18 Å². The van der Waals surface area contributed by atoms with Gasteiger partial charge in [0.15, 0.2) is 0 Å². The molecule has 1 atom stereocenters. The predicted octanol–water partition coefficient (Wildman–Crippen LogP) is 4.90. The van der Waals surface area contributed by atoms with Crippen molar-refractivity contribution in [3.8, 4) is 5.88 Å². The summed E-state index contributed by atoms with van der Waals surface area (Å²) < 4.78 is 60.1. The van der Waals surface area contributed by atoms with E-state index in [4.69, 9.17) is 10.5 Å². The van der Waals surface area contributed by atoms with E-state index >= 15 is 4.39 Å². The zero-order valence-corrected chi connectivity index (χ0v) is 18.7. The molecule has 1 saturated carbocycles. The first-order chi connectivity index (χ1) is 17.2. The highest BCUT2D eigenvalue weighted by Gasteiger charge is 2.40. The number of rotatable bonds is 4. The van der Waals surface area contributed by atoms with Crippen LogP contribution in [0.4, 0.5) is 23.4 Å². The molecule has 1 amide bonds. The van der Waals surface area contributed by atoms with Crippen LogP contribution in [0.5, 0.6) is 5.88 Å². The summed E-state index contributed by atoms with van der Waals surface area (Å²) in [6.07, 6.45) is 0.345. The van der Waals surface area contributed by atoms with Gasteiger partial charge < -0.3 is 15.4 Å². The third-order valence-corrected chi connectivity index (χ3v) is 6.65. The number of anilines is 1. The number of carbonyl (C=O) groups is 1. The second-order valence-corrected chi connectivity index (χ2v) is 9.08. The van der Waals surface area contributed by atoms with Crippen molar-refractivity contribution in [1.29, 1.82) is 0 Å². The van der Waals surface area contributed by atoms with Crippen molar-refractivity contribution in [2.45, 2.75) is 25.1 Å². The van der Waals surface area contributed by atoms with Gasteiger partial charge in [0.2, 0.25) is 5.88 Å². The predicted molar refractivity (Wildman–Crippen MR) is 123 cm³/mol. The molecule has 1 aliphatic heterocycles. The molecule has 1 aromatic carbocycles. The highest BCUT2D eigenvalue weighted by atomic mass is 19.4. The average Bonchev–Trinajstić information content (AvgIpc) is 3.58. The number of carbonyl (C=O) groups excluding carboxylic acids is 1. The van der Waals surface area contributed by atoms with E-state index in [2.05, 4.69) is 15.0 Å². The number of nitrogen functional groups attached to an aromatic ring is 1. The Labute approximate surface area is 201 Å². The molecule has 2 aliphatic rings. The van der Waals surface area contributed by atoms with Crippen molar-refractivity contribution in [3.05, 3.63) is 65.4 Å². The Bertz CT molecular complexity index is 1540. The quantitative estimate of drug-likeness (QED) is 0.318. The van der Waals surface area contributed by atoms with E-state index in [1.165, 1.54) is 17.0 Å². The van der Waals surface area contributed by atoms with Crippen LogP contribution >= 0.6 is 0 Å². The van der Waals surface area contributed by atoms with Crippen molar-refractivity contribution in [3.63, 3.8) is 0 Å². The number of ether oxygens (including phenoxy) is 1. The van der Waals surface area contributed by atoms with Crippen molar-refractivity contribution in [2.75, 3.05) is 18.9 Å². The van der Waals surface area contributed by atoms with Crippen LogP contribution in [-0.4, -0.2) is 38.9 Å². The molecule has 4 heterocycles. The maximum absolute atomic E-state index is 15.3. The molecule has 1 fully saturated rings. The van der Waals surface area contributed by atoms with Gasteiger partial charge in [0.05, 0.1) is 17.1 Å². The van der Waals surface area contributed by atoms with Gasteiger partial charge in [0.25, 0.3) is 5.91 Å². The summed E-state index contributed by atoms with van der Waals surface area (Å²) in [5.41, 5.74) is 5.42. The van der Waals surface area contributed by atoms with Gasteiger partial charge in [-0.3, -0.25) is 9.78 Å². The van der Waals surface area contributed by atoms with E-state index < -0.39 is 29.6 Å². The summed E-state index contributed by atoms with van der Waals surface area (Å²) in [5, 5.41) is 1.77. The molecule has 0 radical (unpaired) electrons. The van der Waals surface area contributed by atoms with Gasteiger partial charge in [-0.1, -0.05) is 0 Å². The Morgan fingerprint density at radius 2 is 1.92 bits per heavy atom. The third kappa shape index (κ3) is 3.75. The highest BCUT2D eigenvalue weighted by molar-refractivity contribution is 6.11. The number of nitrogens with zero attached hydrogens (tertiary/aromatic N) is 4. The lowest BCUT2D eigenvalue weighted by molar-refractivity contribution is -0.141. The molecule has 1 unspecified atom stereocenters. The summed E-state index contributed by atoms with van der Waals surface area (Å²) in [6.45, 7) is 0.259. The number of benzene rings is 1. The molecule has 0 bridgehead atoms. The van der Waals surface area contributed by atoms with Gasteiger partial charge in [0, 0.05) is 46.7 Å². The maximum atomic E-state index is 15.3. The first kappa shape index (κ1) is 22.4. The van der Waals surface area contributed by atoms with Crippen LogP contribution in [-0.2, 0) is 6.18 Å². The van der Waals surface area contributed by atoms with E-state index in [1.807, 2.05) is 0 Å². The molecule has 7 nitrogen and oxygen atoms in total. The van der Waals surface area contributed by atoms with Gasteiger partial charge in [-0.15, -0.1) is 0 Å². The molecule has 184 valence electrons. The molecule has 36 heavy (non-hydrogen) atoms. The smallest absolute Gasteiger partial charge is 0.433 e. The number of fused-ring (bicyclic) bond motifs is 4. The fourth-order valence-electron chi connectivity index (χ4n) is 4.63. The Morgan fingerprint density at radius 1 is 1.11 bits per heavy atom. The van der Waals surface area contributed by atoms with Crippen LogP contribution in [0.3, 0.4) is 0 Å². The molecule has 0 spiro atoms. The summed E-state index contributed by atoms with van der Waals surface area (Å²) in [4.78, 5) is 27.2. The lowest BCUT2D eigenvalue weighted by atomic mass is 10.0. The average molecular weight is 497 g/mol. The maximum Gasteiger partial charge on any atom is 0.433 e. The van der Waals surface area contributed by atoms with Gasteiger partial charge in [-0.2, -0.15) is 13.2 Å². The van der Waals surface area contributed by atoms with Crippen LogP contribution in [0, 0.1) is 11.7 Å². The normalized spacial score (nSPS) is 17.3. The van der Waals surface area contributed by atoms with Gasteiger partial charge in [0.1, 0.15) is 23.9 Å². The second kappa shape index (κ2) is 8.00. The van der Waals surface area contributed by atoms with Crippen LogP contribution in [0.2, 0.25) is 0 Å². The van der Waals surface area contributed by atoms with Gasteiger partial charge in [-0.05, 0) is 43.0 Å². The SMILES string of the molecule is Nc1nc2cc(F)c(C(=O)N(CC3CC3)C3COc4nc(C(F)(F)F)ccc43)cc2c2cnccc12. The van der Waals surface area contributed by atoms with E-state index in [0.717, 1.165) is 25.0 Å². The highest BCUT2D eigenvalue weighted by Crippen LogP contribution is 2.41. The number of hydrogen-bond acceptors (Lipinski definition) is 6. The Balaban J connectivity index is 1.43. The third-order valence-electron chi connectivity index (χ3n) is 6.65. The summed E-state index contributed by atoms with van der Waals surface area (Å²) >= 11 is 0. The van der Waals surface area contributed by atoms with E-state index in [0.29, 0.717) is 28.3 Å². The van der Waals surface area contributed by atoms with E-state index in [-0.39, 0.29) is 35.3 Å². The Morgan fingerprint density at radius 3 is 2.67 bits per heavy atom. The topological polar surface area (TPSA) is 94.2 Å². The monoisotopic (exact) mass is 497 g/mol. The molecule has 2 N–H and O–H groups in total. The van der Waals surface area contributed by atoms with Crippen molar-refractivity contribution >= 4 is 33.4 Å². The molecule has 1 aliphatic carbocycles. The number of pyridine rings is 3. The summed E-state index contributed by atoms with van der Waals surface area (Å²) in [6, 6.07) is 5.74. The minimum Gasteiger partial charge on any atom is -0.475 e. The van der Waals surface area contributed by atoms with Crippen LogP contribution < -0.4 is 10.5 Å². The fourth-order valence-corrected chi connectivity index (χ4v) is 4.63.